The van der Waals surface area contributed by atoms with Crippen molar-refractivity contribution in [3.63, 3.8) is 0 Å². The summed E-state index contributed by atoms with van der Waals surface area (Å²) in [6.07, 6.45) is 0. The van der Waals surface area contributed by atoms with Crippen LogP contribution in [0.1, 0.15) is 36.7 Å². The molecule has 0 bridgehead atoms. The minimum Gasteiger partial charge on any atom is -0.478 e. The standard InChI is InChI=1S/C14H20N2O4/c1-14(2,3)20-12(17)8-16-7-9-4-10(13(18)19)6-11(15)5-9/h4-6,16H,7-8,15H2,1-3H3,(H,18,19). The van der Waals surface area contributed by atoms with E-state index >= 15 is 0 Å². The molecule has 0 amide bonds. The Bertz CT molecular complexity index is 506. The van der Waals surface area contributed by atoms with Gasteiger partial charge in [0.1, 0.15) is 5.60 Å². The molecule has 0 saturated heterocycles. The first-order valence-corrected chi connectivity index (χ1v) is 6.23. The highest BCUT2D eigenvalue weighted by Gasteiger charge is 2.15. The number of nitrogens with two attached hydrogens (primary N) is 1. The van der Waals surface area contributed by atoms with Crippen molar-refractivity contribution in [1.29, 1.82) is 0 Å². The lowest BCUT2D eigenvalue weighted by Gasteiger charge is -2.19. The van der Waals surface area contributed by atoms with E-state index in [0.717, 1.165) is 0 Å². The molecule has 0 fully saturated rings. The first kappa shape index (κ1) is 16.0. The van der Waals surface area contributed by atoms with E-state index < -0.39 is 11.6 Å². The Hall–Kier alpha value is -2.08. The van der Waals surface area contributed by atoms with E-state index in [1.54, 1.807) is 26.8 Å². The summed E-state index contributed by atoms with van der Waals surface area (Å²) in [6, 6.07) is 4.56. The van der Waals surface area contributed by atoms with Crippen molar-refractivity contribution in [2.75, 3.05) is 12.3 Å². The maximum Gasteiger partial charge on any atom is 0.335 e. The maximum absolute atomic E-state index is 11.5. The van der Waals surface area contributed by atoms with Gasteiger partial charge < -0.3 is 20.9 Å². The minimum atomic E-state index is -1.04. The second-order valence-electron chi connectivity index (χ2n) is 5.46. The number of ether oxygens (including phenoxy) is 1. The second-order valence-corrected chi connectivity index (χ2v) is 5.46. The SMILES string of the molecule is CC(C)(C)OC(=O)CNCc1cc(N)cc(C(=O)O)c1. The third-order valence-electron chi connectivity index (χ3n) is 2.28. The summed E-state index contributed by atoms with van der Waals surface area (Å²) in [5, 5.41) is 11.8. The number of anilines is 1. The molecule has 110 valence electrons. The first-order valence-electron chi connectivity index (χ1n) is 6.23. The maximum atomic E-state index is 11.5. The molecule has 1 aromatic rings. The molecule has 0 heterocycles. The molecule has 0 aliphatic heterocycles. The van der Waals surface area contributed by atoms with E-state index in [4.69, 9.17) is 15.6 Å². The zero-order valence-corrected chi connectivity index (χ0v) is 11.9. The third kappa shape index (κ3) is 5.71. The molecule has 0 aliphatic carbocycles. The van der Waals surface area contributed by atoms with E-state index in [-0.39, 0.29) is 18.1 Å². The molecular weight excluding hydrogens is 260 g/mol. The Morgan fingerprint density at radius 1 is 1.30 bits per heavy atom. The summed E-state index contributed by atoms with van der Waals surface area (Å²) < 4.78 is 5.14. The highest BCUT2D eigenvalue weighted by atomic mass is 16.6. The van der Waals surface area contributed by atoms with Gasteiger partial charge in [0.2, 0.25) is 0 Å². The topological polar surface area (TPSA) is 102 Å². The summed E-state index contributed by atoms with van der Waals surface area (Å²) >= 11 is 0. The Morgan fingerprint density at radius 3 is 2.50 bits per heavy atom. The average molecular weight is 280 g/mol. The van der Waals surface area contributed by atoms with Crippen LogP contribution in [0.2, 0.25) is 0 Å². The molecule has 0 aromatic heterocycles. The lowest BCUT2D eigenvalue weighted by molar-refractivity contribution is -0.153. The molecule has 0 spiro atoms. The van der Waals surface area contributed by atoms with Gasteiger partial charge in [-0.05, 0) is 44.5 Å². The molecule has 0 radical (unpaired) electrons. The van der Waals surface area contributed by atoms with Gasteiger partial charge in [-0.1, -0.05) is 0 Å². The highest BCUT2D eigenvalue weighted by Crippen LogP contribution is 2.12. The van der Waals surface area contributed by atoms with Gasteiger partial charge in [-0.3, -0.25) is 4.79 Å². The summed E-state index contributed by atoms with van der Waals surface area (Å²) in [7, 11) is 0. The minimum absolute atomic E-state index is 0.0501. The summed E-state index contributed by atoms with van der Waals surface area (Å²) in [6.45, 7) is 5.77. The van der Waals surface area contributed by atoms with Crippen LogP contribution in [0.15, 0.2) is 18.2 Å². The third-order valence-corrected chi connectivity index (χ3v) is 2.28. The number of hydrogen-bond donors (Lipinski definition) is 3. The van der Waals surface area contributed by atoms with Crippen LogP contribution in [0.4, 0.5) is 5.69 Å². The predicted octanol–water partition coefficient (Wildman–Crippen LogP) is 1.40. The summed E-state index contributed by atoms with van der Waals surface area (Å²) in [4.78, 5) is 22.4. The van der Waals surface area contributed by atoms with Gasteiger partial charge in [0, 0.05) is 12.2 Å². The summed E-state index contributed by atoms with van der Waals surface area (Å²) in [5.74, 6) is -1.40. The fourth-order valence-electron chi connectivity index (χ4n) is 1.63. The molecule has 1 rings (SSSR count). The van der Waals surface area contributed by atoms with Crippen LogP contribution < -0.4 is 11.1 Å². The molecule has 0 saturated carbocycles. The number of esters is 1. The number of carboxylic acid groups (broad SMARTS) is 1. The van der Waals surface area contributed by atoms with E-state index in [1.165, 1.54) is 12.1 Å². The average Bonchev–Trinajstić information content (AvgIpc) is 2.25. The molecule has 4 N–H and O–H groups in total. The van der Waals surface area contributed by atoms with Gasteiger partial charge in [0.15, 0.2) is 0 Å². The number of aromatic carboxylic acids is 1. The largest absolute Gasteiger partial charge is 0.478 e. The monoisotopic (exact) mass is 280 g/mol. The number of rotatable bonds is 5. The summed E-state index contributed by atoms with van der Waals surface area (Å²) in [5.41, 5.74) is 6.31. The smallest absolute Gasteiger partial charge is 0.335 e. The van der Waals surface area contributed by atoms with Crippen LogP contribution in [0.3, 0.4) is 0 Å². The number of hydrogen-bond acceptors (Lipinski definition) is 5. The molecule has 20 heavy (non-hydrogen) atoms. The fourth-order valence-corrected chi connectivity index (χ4v) is 1.63. The quantitative estimate of drug-likeness (QED) is 0.556. The van der Waals surface area contributed by atoms with Gasteiger partial charge in [-0.25, -0.2) is 4.79 Å². The van der Waals surface area contributed by atoms with Gasteiger partial charge in [0.05, 0.1) is 12.1 Å². The van der Waals surface area contributed by atoms with Gasteiger partial charge in [-0.15, -0.1) is 0 Å². The number of nitrogens with one attached hydrogen (secondary N) is 1. The fraction of sp³-hybridized carbons (Fsp3) is 0.429. The number of nitrogen functional groups attached to an aromatic ring is 1. The molecule has 0 aliphatic rings. The molecule has 1 aromatic carbocycles. The van der Waals surface area contributed by atoms with Crippen LogP contribution in [-0.2, 0) is 16.1 Å². The normalized spacial score (nSPS) is 11.2. The highest BCUT2D eigenvalue weighted by molar-refractivity contribution is 5.89. The van der Waals surface area contributed by atoms with Crippen LogP contribution in [-0.4, -0.2) is 29.2 Å². The van der Waals surface area contributed by atoms with Crippen molar-refractivity contribution in [3.05, 3.63) is 29.3 Å². The second kappa shape index (κ2) is 6.38. The molecule has 0 unspecified atom stereocenters. The van der Waals surface area contributed by atoms with E-state index in [2.05, 4.69) is 5.32 Å². The lowest BCUT2D eigenvalue weighted by atomic mass is 10.1. The predicted molar refractivity (Wildman–Crippen MR) is 75.4 cm³/mol. The van der Waals surface area contributed by atoms with Gasteiger partial charge >= 0.3 is 11.9 Å². The van der Waals surface area contributed by atoms with Crippen LogP contribution >= 0.6 is 0 Å². The number of carboxylic acids is 1. The number of benzene rings is 1. The van der Waals surface area contributed by atoms with Crippen molar-refractivity contribution in [2.45, 2.75) is 32.9 Å². The van der Waals surface area contributed by atoms with Crippen molar-refractivity contribution in [2.24, 2.45) is 0 Å². The van der Waals surface area contributed by atoms with E-state index in [1.807, 2.05) is 0 Å². The molecular formula is C14H20N2O4. The number of carbonyl (C=O) groups excluding carboxylic acids is 1. The van der Waals surface area contributed by atoms with Gasteiger partial charge in [-0.2, -0.15) is 0 Å². The van der Waals surface area contributed by atoms with Crippen LogP contribution in [0, 0.1) is 0 Å². The Labute approximate surface area is 117 Å². The Balaban J connectivity index is 2.54. The van der Waals surface area contributed by atoms with Crippen molar-refractivity contribution in [3.8, 4) is 0 Å². The van der Waals surface area contributed by atoms with Crippen LogP contribution in [0.5, 0.6) is 0 Å². The zero-order chi connectivity index (χ0) is 15.3. The van der Waals surface area contributed by atoms with Crippen molar-refractivity contribution < 1.29 is 19.4 Å². The number of carbonyl (C=O) groups is 2. The van der Waals surface area contributed by atoms with E-state index in [9.17, 15) is 9.59 Å². The van der Waals surface area contributed by atoms with Crippen molar-refractivity contribution >= 4 is 17.6 Å². The van der Waals surface area contributed by atoms with Gasteiger partial charge in [0.25, 0.3) is 0 Å². The Kier molecular flexibility index (Phi) is 5.10. The molecule has 6 heteroatoms. The lowest BCUT2D eigenvalue weighted by Crippen LogP contribution is -2.31. The Morgan fingerprint density at radius 2 is 1.95 bits per heavy atom. The molecule has 0 atom stereocenters. The molecule has 6 nitrogen and oxygen atoms in total. The first-order chi connectivity index (χ1) is 9.17. The zero-order valence-electron chi connectivity index (χ0n) is 11.9. The van der Waals surface area contributed by atoms with E-state index in [0.29, 0.717) is 17.8 Å². The van der Waals surface area contributed by atoms with Crippen molar-refractivity contribution in [1.82, 2.24) is 5.32 Å². The van der Waals surface area contributed by atoms with Crippen LogP contribution in [0.25, 0.3) is 0 Å².